The van der Waals surface area contributed by atoms with Gasteiger partial charge in [-0.15, -0.1) is 0 Å². The number of aromatic amines is 2. The van der Waals surface area contributed by atoms with Crippen molar-refractivity contribution in [2.75, 3.05) is 63.4 Å². The standard InChI is InChI=1S/C66H56N11O6.Zn/c1-75(2,3)39-16-10-19-43(34-39)81-52-25-13-22-48-55(52)63-69-58-47-33-32-46(80-42-30-28-38(29-31-42)66(78)79)37-51(47)62(67-58)74-65-57-50(24-15-27-54(57)83-45-21-12-18-41(36-45)77(7,8)9)61(73-65)72-64-56-49(60(71-64)68-59(48)70-63)23-14-26-53(56)82-44-20-11-17-40(35-44)76(4,5)6;/h10-37H,1-9H3,(H-2,67,68,69,70,71,72,73,74,78,79);/q+1;+2/p+2. The van der Waals surface area contributed by atoms with Crippen molar-refractivity contribution in [3.63, 3.8) is 0 Å². The first-order valence-corrected chi connectivity index (χ1v) is 26.9. The largest absolute Gasteiger partial charge is 2.00 e. The van der Waals surface area contributed by atoms with Gasteiger partial charge in [0.25, 0.3) is 0 Å². The van der Waals surface area contributed by atoms with E-state index in [0.29, 0.717) is 144 Å². The van der Waals surface area contributed by atoms with Gasteiger partial charge in [0.05, 0.1) is 85.5 Å². The number of quaternary nitrogens is 3. The molecular weight excluding hydrogens is 1110 g/mol. The second-order valence-electron chi connectivity index (χ2n) is 23.1. The van der Waals surface area contributed by atoms with Crippen molar-refractivity contribution in [2.45, 2.75) is 0 Å². The van der Waals surface area contributed by atoms with Gasteiger partial charge in [0.1, 0.15) is 85.6 Å². The molecule has 2 aliphatic rings. The molecule has 84 heavy (non-hydrogen) atoms. The number of carboxylic acids is 1. The van der Waals surface area contributed by atoms with Crippen LogP contribution in [-0.4, -0.2) is 114 Å². The fraction of sp³-hybridized carbons (Fsp3) is 0.136. The maximum Gasteiger partial charge on any atom is 2.00 e. The van der Waals surface area contributed by atoms with E-state index < -0.39 is 5.97 Å². The van der Waals surface area contributed by atoms with E-state index >= 15 is 0 Å². The van der Waals surface area contributed by atoms with E-state index in [4.69, 9.17) is 48.9 Å². The number of aromatic nitrogens is 8. The number of rotatable bonds is 12. The van der Waals surface area contributed by atoms with Gasteiger partial charge < -0.3 is 34.0 Å². The maximum absolute atomic E-state index is 11.7. The van der Waals surface area contributed by atoms with Crippen molar-refractivity contribution in [3.05, 3.63) is 175 Å². The van der Waals surface area contributed by atoms with Gasteiger partial charge in [-0.25, -0.2) is 34.7 Å². The van der Waals surface area contributed by atoms with Crippen LogP contribution in [0.15, 0.2) is 170 Å². The Morgan fingerprint density at radius 1 is 0.381 bits per heavy atom. The van der Waals surface area contributed by atoms with Gasteiger partial charge in [0.15, 0.2) is 23.3 Å². The van der Waals surface area contributed by atoms with Crippen molar-refractivity contribution < 1.29 is 48.3 Å². The minimum Gasteiger partial charge on any atom is -0.478 e. The maximum atomic E-state index is 11.7. The van der Waals surface area contributed by atoms with E-state index in [-0.39, 0.29) is 25.0 Å². The zero-order valence-electron chi connectivity index (χ0n) is 47.9. The molecule has 18 heteroatoms. The molecule has 0 saturated heterocycles. The summed E-state index contributed by atoms with van der Waals surface area (Å²) in [4.78, 5) is 51.0. The number of carboxylic acid groups (broad SMARTS) is 1. The van der Waals surface area contributed by atoms with E-state index in [9.17, 15) is 9.90 Å². The molecule has 8 aromatic carbocycles. The summed E-state index contributed by atoms with van der Waals surface area (Å²) in [7, 11) is 19.0. The molecule has 3 aromatic heterocycles. The number of nitrogens with zero attached hydrogens (tertiary/aromatic N) is 9. The third kappa shape index (κ3) is 10.5. The number of H-pyrrole nitrogens is 2. The molecular formula is C66H58N11O6Zn+5. The minimum absolute atomic E-state index is 0. The zero-order valence-corrected chi connectivity index (χ0v) is 50.9. The van der Waals surface area contributed by atoms with Gasteiger partial charge in [-0.3, -0.25) is 13.4 Å². The summed E-state index contributed by atoms with van der Waals surface area (Å²) in [5, 5.41) is 12.3. The van der Waals surface area contributed by atoms with Gasteiger partial charge in [-0.05, 0) is 97.1 Å². The van der Waals surface area contributed by atoms with Gasteiger partial charge in [0, 0.05) is 45.5 Å². The van der Waals surface area contributed by atoms with Crippen LogP contribution in [0.1, 0.15) is 10.4 Å². The zero-order chi connectivity index (χ0) is 57.5. The van der Waals surface area contributed by atoms with Crippen LogP contribution in [0, 0.1) is 0 Å². The molecule has 2 aliphatic heterocycles. The Balaban J connectivity index is 0.00000694. The molecule has 0 saturated carbocycles. The smallest absolute Gasteiger partial charge is 0.478 e. The molecule has 0 spiro atoms. The van der Waals surface area contributed by atoms with Crippen LogP contribution in [0.5, 0.6) is 46.0 Å². The number of nitrogens with one attached hydrogen (secondary N) is 2. The summed E-state index contributed by atoms with van der Waals surface area (Å²) < 4.78 is 28.7. The average molecular weight is 1170 g/mol. The number of fused-ring (bicyclic) bond motifs is 20. The fourth-order valence-corrected chi connectivity index (χ4v) is 10.2. The molecule has 17 nitrogen and oxygen atoms in total. The van der Waals surface area contributed by atoms with Crippen LogP contribution in [0.3, 0.4) is 0 Å². The topological polar surface area (TPSA) is 183 Å². The number of hydrogen-bond donors (Lipinski definition) is 3. The predicted molar refractivity (Wildman–Crippen MR) is 328 cm³/mol. The van der Waals surface area contributed by atoms with Gasteiger partial charge in [-0.2, -0.15) is 0 Å². The average Bonchev–Trinajstić information content (AvgIpc) is 2.34. The number of ether oxygens (including phenoxy) is 4. The second-order valence-corrected chi connectivity index (χ2v) is 23.1. The van der Waals surface area contributed by atoms with Crippen LogP contribution >= 0.6 is 0 Å². The summed E-state index contributed by atoms with van der Waals surface area (Å²) in [6.07, 6.45) is 0. The summed E-state index contributed by atoms with van der Waals surface area (Å²) >= 11 is 0. The van der Waals surface area contributed by atoms with Crippen LogP contribution < -0.4 is 32.4 Å². The Morgan fingerprint density at radius 3 is 1.30 bits per heavy atom. The third-order valence-corrected chi connectivity index (χ3v) is 14.6. The monoisotopic (exact) mass is 1160 g/mol. The van der Waals surface area contributed by atoms with E-state index in [1.54, 1.807) is 12.1 Å². The Labute approximate surface area is 496 Å². The normalized spacial score (nSPS) is 12.1. The fourth-order valence-electron chi connectivity index (χ4n) is 10.2. The number of hydrogen-bond acceptors (Lipinski definition) is 11. The summed E-state index contributed by atoms with van der Waals surface area (Å²) in [6, 6.07) is 53.4. The SMILES string of the molecule is C[N+](C)(C)c1cccc(Oc2cccc3c2-c2nc-3nc3[nH]c(nc4nc(nc5[nH]c(n2)c2ccc(Oc6ccc(C(=O)O)cc6)cc52)-c2c(Oc5cccc([N+](C)(C)C)c5)cccc2-4)c2c(Oc4cccc([N+](C)(C)C)c4)cccc32)c1.[Zn+2]. The molecule has 13 rings (SSSR count). The van der Waals surface area contributed by atoms with Crippen molar-refractivity contribution in [2.24, 2.45) is 0 Å². The van der Waals surface area contributed by atoms with E-state index in [1.165, 1.54) is 12.1 Å². The molecule has 0 aliphatic carbocycles. The summed E-state index contributed by atoms with van der Waals surface area (Å²) in [6.45, 7) is 0. The van der Waals surface area contributed by atoms with Gasteiger partial charge in [-0.1, -0.05) is 54.6 Å². The molecule has 410 valence electrons. The number of aromatic carboxylic acids is 1. The molecule has 0 amide bonds. The molecule has 0 atom stereocenters. The van der Waals surface area contributed by atoms with Crippen molar-refractivity contribution in [1.29, 1.82) is 0 Å². The summed E-state index contributed by atoms with van der Waals surface area (Å²) in [5.41, 5.74) is 7.66. The Bertz CT molecular complexity index is 4640. The van der Waals surface area contributed by atoms with Gasteiger partial charge in [0.2, 0.25) is 0 Å². The van der Waals surface area contributed by atoms with Crippen molar-refractivity contribution in [1.82, 2.24) is 53.3 Å². The molecule has 0 radical (unpaired) electrons. The molecule has 0 fully saturated rings. The van der Waals surface area contributed by atoms with Crippen molar-refractivity contribution >= 4 is 67.2 Å². The molecule has 3 N–H and O–H groups in total. The third-order valence-electron chi connectivity index (χ3n) is 14.6. The first kappa shape index (κ1) is 54.9. The Hall–Kier alpha value is -9.71. The molecule has 0 unspecified atom stereocenters. The first-order chi connectivity index (χ1) is 39.8. The van der Waals surface area contributed by atoms with Gasteiger partial charge >= 0.3 is 25.4 Å². The first-order valence-electron chi connectivity index (χ1n) is 26.9. The Kier molecular flexibility index (Phi) is 13.7. The van der Waals surface area contributed by atoms with Crippen molar-refractivity contribution in [3.8, 4) is 91.5 Å². The second kappa shape index (κ2) is 20.9. The van der Waals surface area contributed by atoms with Crippen LogP contribution in [0.4, 0.5) is 17.1 Å². The van der Waals surface area contributed by atoms with Crippen LogP contribution in [0.2, 0.25) is 0 Å². The van der Waals surface area contributed by atoms with Crippen LogP contribution in [-0.2, 0) is 19.5 Å². The Morgan fingerprint density at radius 2 is 0.786 bits per heavy atom. The molecule has 11 aromatic rings. The van der Waals surface area contributed by atoms with E-state index in [0.717, 1.165) is 22.4 Å². The summed E-state index contributed by atoms with van der Waals surface area (Å²) in [5.74, 6) is 4.77. The van der Waals surface area contributed by atoms with E-state index in [1.807, 2.05) is 127 Å². The van der Waals surface area contributed by atoms with Crippen LogP contribution in [0.25, 0.3) is 89.7 Å². The minimum atomic E-state index is -1.03. The number of benzene rings is 8. The molecule has 8 bridgehead atoms. The quantitative estimate of drug-likeness (QED) is 0.0778. The number of carbonyl (C=O) groups is 1. The van der Waals surface area contributed by atoms with E-state index in [2.05, 4.69) is 91.6 Å². The predicted octanol–water partition coefficient (Wildman–Crippen LogP) is 14.3. The molecule has 5 heterocycles.